The molecule has 0 bridgehead atoms. The van der Waals surface area contributed by atoms with E-state index in [2.05, 4.69) is 14.7 Å². The van der Waals surface area contributed by atoms with Crippen LogP contribution in [0.15, 0.2) is 38.6 Å². The van der Waals surface area contributed by atoms with Crippen LogP contribution in [0.4, 0.5) is 5.69 Å². The molecule has 1 saturated carbocycles. The van der Waals surface area contributed by atoms with Gasteiger partial charge in [0.15, 0.2) is 0 Å². The Morgan fingerprint density at radius 2 is 1.81 bits per heavy atom. The predicted molar refractivity (Wildman–Crippen MR) is 103 cm³/mol. The van der Waals surface area contributed by atoms with Gasteiger partial charge in [-0.3, -0.25) is 9.80 Å². The van der Waals surface area contributed by atoms with Crippen molar-refractivity contribution in [2.24, 2.45) is 9.39 Å². The fourth-order valence-corrected chi connectivity index (χ4v) is 4.89. The van der Waals surface area contributed by atoms with Crippen LogP contribution in [0.25, 0.3) is 0 Å². The minimum absolute atomic E-state index is 0.0625. The van der Waals surface area contributed by atoms with Gasteiger partial charge in [0.2, 0.25) is 5.91 Å². The standard InChI is InChI=1S/C18H23N5O3S/c24-17(20-14-8-4-2-1-3-5-9-14)12-22-13-19-18-21-27(25,26)16-11-7-6-10-15(16)23(18)22/h6-7,10-11,13-14H,1-5,8-9,12H2,(H,20,24). The van der Waals surface area contributed by atoms with Crippen LogP contribution in [0.3, 0.4) is 0 Å². The van der Waals surface area contributed by atoms with E-state index in [1.807, 2.05) is 0 Å². The van der Waals surface area contributed by atoms with Crippen molar-refractivity contribution in [3.63, 3.8) is 0 Å². The van der Waals surface area contributed by atoms with Crippen molar-refractivity contribution in [2.45, 2.75) is 55.9 Å². The van der Waals surface area contributed by atoms with Crippen molar-refractivity contribution in [2.75, 3.05) is 11.6 Å². The Labute approximate surface area is 159 Å². The lowest BCUT2D eigenvalue weighted by Crippen LogP contribution is -2.49. The molecule has 0 atom stereocenters. The van der Waals surface area contributed by atoms with E-state index in [4.69, 9.17) is 0 Å². The average Bonchev–Trinajstić information content (AvgIpc) is 2.99. The van der Waals surface area contributed by atoms with Gasteiger partial charge in [-0.1, -0.05) is 44.2 Å². The maximum Gasteiger partial charge on any atom is 0.287 e. The first-order valence-corrected chi connectivity index (χ1v) is 10.8. The molecule has 1 fully saturated rings. The molecule has 144 valence electrons. The van der Waals surface area contributed by atoms with Crippen LogP contribution in [0, 0.1) is 0 Å². The van der Waals surface area contributed by atoms with Gasteiger partial charge in [-0.15, -0.1) is 4.40 Å². The lowest BCUT2D eigenvalue weighted by Gasteiger charge is -2.32. The predicted octanol–water partition coefficient (Wildman–Crippen LogP) is 2.04. The molecule has 0 aromatic heterocycles. The fourth-order valence-electron chi connectivity index (χ4n) is 3.79. The largest absolute Gasteiger partial charge is 0.352 e. The lowest BCUT2D eigenvalue weighted by molar-refractivity contribution is -0.122. The Kier molecular flexibility index (Phi) is 4.86. The summed E-state index contributed by atoms with van der Waals surface area (Å²) in [6.07, 6.45) is 9.50. The molecule has 4 rings (SSSR count). The molecule has 8 nitrogen and oxygen atoms in total. The van der Waals surface area contributed by atoms with Gasteiger partial charge < -0.3 is 5.32 Å². The van der Waals surface area contributed by atoms with Crippen LogP contribution in [0.5, 0.6) is 0 Å². The van der Waals surface area contributed by atoms with Crippen molar-refractivity contribution in [3.8, 4) is 0 Å². The third-order valence-electron chi connectivity index (χ3n) is 5.10. The number of aliphatic imine (C=N–C) groups is 1. The molecule has 0 spiro atoms. The zero-order valence-electron chi connectivity index (χ0n) is 15.0. The SMILES string of the molecule is O=C(CN1C=NC2=NS(=O)(=O)c3ccccc3N21)NC1CCCCCCC1. The highest BCUT2D eigenvalue weighted by Gasteiger charge is 2.37. The summed E-state index contributed by atoms with van der Waals surface area (Å²) in [6, 6.07) is 6.81. The van der Waals surface area contributed by atoms with Crippen LogP contribution in [0.2, 0.25) is 0 Å². The number of carbonyl (C=O) groups excluding carboxylic acids is 1. The number of para-hydroxylation sites is 1. The number of hydrogen-bond acceptors (Lipinski definition) is 6. The number of fused-ring (bicyclic) bond motifs is 3. The van der Waals surface area contributed by atoms with E-state index in [1.54, 1.807) is 28.2 Å². The van der Waals surface area contributed by atoms with Gasteiger partial charge in [0.1, 0.15) is 17.8 Å². The molecule has 0 unspecified atom stereocenters. The second-order valence-corrected chi connectivity index (χ2v) is 8.67. The molecule has 3 aliphatic rings. The molecule has 2 aliphatic heterocycles. The Balaban J connectivity index is 1.48. The van der Waals surface area contributed by atoms with Crippen molar-refractivity contribution in [3.05, 3.63) is 24.3 Å². The average molecular weight is 389 g/mol. The number of amides is 1. The van der Waals surface area contributed by atoms with Gasteiger partial charge >= 0.3 is 0 Å². The van der Waals surface area contributed by atoms with Crippen molar-refractivity contribution in [1.29, 1.82) is 0 Å². The minimum atomic E-state index is -3.77. The van der Waals surface area contributed by atoms with Crippen LogP contribution in [-0.2, 0) is 14.8 Å². The molecule has 1 N–H and O–H groups in total. The van der Waals surface area contributed by atoms with E-state index in [0.717, 1.165) is 25.7 Å². The number of nitrogens with one attached hydrogen (secondary N) is 1. The third-order valence-corrected chi connectivity index (χ3v) is 6.41. The zero-order valence-corrected chi connectivity index (χ0v) is 15.9. The molecule has 1 aliphatic carbocycles. The number of sulfonamides is 1. The normalized spacial score (nSPS) is 21.7. The van der Waals surface area contributed by atoms with E-state index in [1.165, 1.54) is 31.7 Å². The zero-order chi connectivity index (χ0) is 18.9. The summed E-state index contributed by atoms with van der Waals surface area (Å²) in [6.45, 7) is 0.0629. The van der Waals surface area contributed by atoms with Gasteiger partial charge in [-0.05, 0) is 25.0 Å². The summed E-state index contributed by atoms with van der Waals surface area (Å²) < 4.78 is 28.3. The molecular formula is C18H23N5O3S. The number of hydrogen-bond donors (Lipinski definition) is 1. The van der Waals surface area contributed by atoms with Crippen molar-refractivity contribution < 1.29 is 13.2 Å². The monoisotopic (exact) mass is 389 g/mol. The number of carbonyl (C=O) groups is 1. The minimum Gasteiger partial charge on any atom is -0.352 e. The first-order chi connectivity index (χ1) is 13.0. The number of nitrogens with zero attached hydrogens (tertiary/aromatic N) is 4. The Bertz CT molecular complexity index is 888. The summed E-state index contributed by atoms with van der Waals surface area (Å²) in [4.78, 5) is 16.8. The number of hydrazine groups is 1. The fraction of sp³-hybridized carbons (Fsp3) is 0.500. The summed E-state index contributed by atoms with van der Waals surface area (Å²) in [5.41, 5.74) is 0.457. The van der Waals surface area contributed by atoms with Crippen LogP contribution >= 0.6 is 0 Å². The molecule has 0 radical (unpaired) electrons. The summed E-state index contributed by atoms with van der Waals surface area (Å²) >= 11 is 0. The number of anilines is 1. The smallest absolute Gasteiger partial charge is 0.287 e. The molecule has 9 heteroatoms. The second-order valence-electron chi connectivity index (χ2n) is 7.10. The van der Waals surface area contributed by atoms with Crippen LogP contribution in [-0.4, -0.2) is 44.2 Å². The molecule has 1 aromatic rings. The first kappa shape index (κ1) is 18.0. The van der Waals surface area contributed by atoms with Crippen LogP contribution < -0.4 is 10.3 Å². The highest BCUT2D eigenvalue weighted by Crippen LogP contribution is 2.33. The lowest BCUT2D eigenvalue weighted by atomic mass is 9.97. The molecule has 0 saturated heterocycles. The topological polar surface area (TPSA) is 94.4 Å². The van der Waals surface area contributed by atoms with Gasteiger partial charge in [-0.2, -0.15) is 13.4 Å². The van der Waals surface area contributed by atoms with E-state index in [9.17, 15) is 13.2 Å². The highest BCUT2D eigenvalue weighted by atomic mass is 32.2. The van der Waals surface area contributed by atoms with E-state index in [-0.39, 0.29) is 29.3 Å². The van der Waals surface area contributed by atoms with E-state index in [0.29, 0.717) is 5.69 Å². The van der Waals surface area contributed by atoms with Crippen LogP contribution in [0.1, 0.15) is 44.9 Å². The Morgan fingerprint density at radius 1 is 1.11 bits per heavy atom. The molecule has 1 amide bonds. The summed E-state index contributed by atoms with van der Waals surface area (Å²) in [7, 11) is -3.77. The second kappa shape index (κ2) is 7.30. The van der Waals surface area contributed by atoms with Gasteiger partial charge in [0.05, 0.1) is 5.69 Å². The number of guanidine groups is 1. The summed E-state index contributed by atoms with van der Waals surface area (Å²) in [5.74, 6) is -0.0355. The van der Waals surface area contributed by atoms with Crippen molar-refractivity contribution in [1.82, 2.24) is 10.3 Å². The highest BCUT2D eigenvalue weighted by molar-refractivity contribution is 7.90. The van der Waals surface area contributed by atoms with Crippen molar-refractivity contribution >= 4 is 33.9 Å². The molecular weight excluding hydrogens is 366 g/mol. The van der Waals surface area contributed by atoms with E-state index >= 15 is 0 Å². The third kappa shape index (κ3) is 3.69. The number of rotatable bonds is 3. The first-order valence-electron chi connectivity index (χ1n) is 9.39. The number of benzene rings is 1. The summed E-state index contributed by atoms with van der Waals surface area (Å²) in [5, 5.41) is 6.30. The molecule has 1 aromatic carbocycles. The molecule has 2 heterocycles. The van der Waals surface area contributed by atoms with Gasteiger partial charge in [0, 0.05) is 6.04 Å². The van der Waals surface area contributed by atoms with Gasteiger partial charge in [0.25, 0.3) is 16.0 Å². The Hall–Kier alpha value is -2.42. The Morgan fingerprint density at radius 3 is 2.59 bits per heavy atom. The molecule has 27 heavy (non-hydrogen) atoms. The maximum atomic E-state index is 12.6. The van der Waals surface area contributed by atoms with Gasteiger partial charge in [-0.25, -0.2) is 5.01 Å². The quantitative estimate of drug-likeness (QED) is 0.854. The van der Waals surface area contributed by atoms with E-state index < -0.39 is 10.0 Å². The maximum absolute atomic E-state index is 12.6.